The van der Waals surface area contributed by atoms with Crippen molar-refractivity contribution in [2.45, 2.75) is 12.3 Å². The summed E-state index contributed by atoms with van der Waals surface area (Å²) in [4.78, 5) is 37.5. The van der Waals surface area contributed by atoms with Crippen LogP contribution < -0.4 is 23.7 Å². The number of allylic oxidation sites excluding steroid dienone is 1. The van der Waals surface area contributed by atoms with E-state index in [4.69, 9.17) is 23.7 Å². The van der Waals surface area contributed by atoms with E-state index in [1.54, 1.807) is 67.8 Å². The highest BCUT2D eigenvalue weighted by atomic mass is 16.6. The van der Waals surface area contributed by atoms with E-state index in [9.17, 15) is 14.4 Å². The third-order valence-electron chi connectivity index (χ3n) is 6.35. The number of carbonyl (C=O) groups excluding carboxylic acids is 3. The van der Waals surface area contributed by atoms with Gasteiger partial charge in [0.2, 0.25) is 5.78 Å². The zero-order valence-corrected chi connectivity index (χ0v) is 20.9. The summed E-state index contributed by atoms with van der Waals surface area (Å²) in [6.07, 6.45) is 1.61. The maximum Gasteiger partial charge on any atom is 0.343 e. The number of Topliss-reactive ketones (excluding diaryl/α,β-unsaturated/α-hetero) is 1. The molecule has 1 atom stereocenters. The first-order valence-corrected chi connectivity index (χ1v) is 11.8. The lowest BCUT2D eigenvalue weighted by molar-refractivity contribution is -0.143. The summed E-state index contributed by atoms with van der Waals surface area (Å²) in [7, 11) is 4.35. The van der Waals surface area contributed by atoms with Gasteiger partial charge in [0.25, 0.3) is 0 Å². The first-order chi connectivity index (χ1) is 18.4. The molecule has 5 rings (SSSR count). The fourth-order valence-corrected chi connectivity index (χ4v) is 4.56. The van der Waals surface area contributed by atoms with Crippen LogP contribution in [0.15, 0.2) is 60.4 Å². The van der Waals surface area contributed by atoms with E-state index in [2.05, 4.69) is 4.74 Å². The van der Waals surface area contributed by atoms with Crippen LogP contribution in [-0.2, 0) is 14.3 Å². The molecule has 0 spiro atoms. The van der Waals surface area contributed by atoms with Gasteiger partial charge >= 0.3 is 11.9 Å². The second-order valence-corrected chi connectivity index (χ2v) is 8.54. The highest BCUT2D eigenvalue weighted by molar-refractivity contribution is 6.15. The van der Waals surface area contributed by atoms with Crippen LogP contribution in [0.5, 0.6) is 28.7 Å². The van der Waals surface area contributed by atoms with Gasteiger partial charge in [-0.25, -0.2) is 4.79 Å². The Morgan fingerprint density at radius 1 is 0.947 bits per heavy atom. The average molecular weight is 517 g/mol. The second-order valence-electron chi connectivity index (χ2n) is 8.54. The highest BCUT2D eigenvalue weighted by Gasteiger charge is 2.39. The lowest BCUT2D eigenvalue weighted by atomic mass is 9.84. The lowest BCUT2D eigenvalue weighted by Gasteiger charge is -2.27. The van der Waals surface area contributed by atoms with Crippen molar-refractivity contribution in [3.63, 3.8) is 0 Å². The number of benzene rings is 3. The monoisotopic (exact) mass is 516 g/mol. The Labute approximate surface area is 218 Å². The predicted molar refractivity (Wildman–Crippen MR) is 135 cm³/mol. The van der Waals surface area contributed by atoms with Crippen molar-refractivity contribution in [2.24, 2.45) is 0 Å². The molecule has 9 heteroatoms. The van der Waals surface area contributed by atoms with E-state index >= 15 is 0 Å². The summed E-state index contributed by atoms with van der Waals surface area (Å²) in [5.41, 5.74) is 2.24. The molecule has 3 aromatic rings. The Balaban J connectivity index is 1.55. The zero-order valence-electron chi connectivity index (χ0n) is 20.9. The summed E-state index contributed by atoms with van der Waals surface area (Å²) in [5.74, 6) is 0.400. The topological polar surface area (TPSA) is 107 Å². The summed E-state index contributed by atoms with van der Waals surface area (Å²) >= 11 is 0. The normalized spacial score (nSPS) is 16.7. The van der Waals surface area contributed by atoms with E-state index in [1.807, 2.05) is 0 Å². The van der Waals surface area contributed by atoms with Gasteiger partial charge in [0.15, 0.2) is 23.9 Å². The second kappa shape index (κ2) is 10.3. The van der Waals surface area contributed by atoms with Crippen molar-refractivity contribution in [2.75, 3.05) is 27.9 Å². The molecular formula is C29H24O9. The van der Waals surface area contributed by atoms with E-state index in [-0.39, 0.29) is 24.6 Å². The number of ether oxygens (including phenoxy) is 6. The van der Waals surface area contributed by atoms with Crippen molar-refractivity contribution < 1.29 is 42.8 Å². The molecule has 3 aromatic carbocycles. The van der Waals surface area contributed by atoms with Gasteiger partial charge in [-0.2, -0.15) is 0 Å². The van der Waals surface area contributed by atoms with Crippen molar-refractivity contribution in [1.82, 2.24) is 0 Å². The van der Waals surface area contributed by atoms with Crippen LogP contribution in [-0.4, -0.2) is 45.7 Å². The molecule has 0 bridgehead atoms. The van der Waals surface area contributed by atoms with Crippen molar-refractivity contribution in [3.05, 3.63) is 82.6 Å². The molecule has 0 amide bonds. The maximum atomic E-state index is 13.3. The van der Waals surface area contributed by atoms with Gasteiger partial charge in [0.05, 0.1) is 33.3 Å². The Morgan fingerprint density at radius 2 is 1.74 bits per heavy atom. The number of esters is 2. The lowest BCUT2D eigenvalue weighted by Crippen LogP contribution is -2.22. The fourth-order valence-electron chi connectivity index (χ4n) is 4.56. The molecule has 2 aliphatic heterocycles. The first kappa shape index (κ1) is 24.9. The number of methoxy groups -OCH3 is 3. The predicted octanol–water partition coefficient (Wildman–Crippen LogP) is 4.31. The molecule has 0 aromatic heterocycles. The molecule has 0 saturated carbocycles. The molecule has 0 fully saturated rings. The van der Waals surface area contributed by atoms with Crippen LogP contribution in [0.2, 0.25) is 0 Å². The van der Waals surface area contributed by atoms with Gasteiger partial charge in [-0.15, -0.1) is 0 Å². The van der Waals surface area contributed by atoms with E-state index in [0.29, 0.717) is 51.0 Å². The largest absolute Gasteiger partial charge is 0.493 e. The Kier molecular flexibility index (Phi) is 6.74. The minimum Gasteiger partial charge on any atom is -0.493 e. The maximum absolute atomic E-state index is 13.3. The fraction of sp³-hybridized carbons (Fsp3) is 0.207. The summed E-state index contributed by atoms with van der Waals surface area (Å²) in [6.45, 7) is -0.294. The molecule has 2 aliphatic rings. The van der Waals surface area contributed by atoms with Crippen LogP contribution in [0.1, 0.15) is 39.4 Å². The molecule has 0 saturated heterocycles. The summed E-state index contributed by atoms with van der Waals surface area (Å²) in [6, 6.07) is 15.5. The summed E-state index contributed by atoms with van der Waals surface area (Å²) in [5, 5.41) is 0. The van der Waals surface area contributed by atoms with Gasteiger partial charge in [-0.1, -0.05) is 24.3 Å². The number of ketones is 1. The molecule has 38 heavy (non-hydrogen) atoms. The van der Waals surface area contributed by atoms with Crippen molar-refractivity contribution >= 4 is 23.8 Å². The van der Waals surface area contributed by atoms with Gasteiger partial charge in [-0.05, 0) is 42.0 Å². The van der Waals surface area contributed by atoms with Crippen LogP contribution in [0.25, 0.3) is 6.08 Å². The van der Waals surface area contributed by atoms with Crippen molar-refractivity contribution in [3.8, 4) is 28.7 Å². The molecular weight excluding hydrogens is 492 g/mol. The Hall–Kier alpha value is -4.79. The number of rotatable bonds is 7. The van der Waals surface area contributed by atoms with E-state index in [0.717, 1.165) is 0 Å². The average Bonchev–Trinajstić information content (AvgIpc) is 3.25. The molecule has 2 heterocycles. The number of fused-ring (bicyclic) bond motifs is 3. The molecule has 9 nitrogen and oxygen atoms in total. The molecule has 0 N–H and O–H groups in total. The van der Waals surface area contributed by atoms with E-state index in [1.165, 1.54) is 14.2 Å². The molecule has 1 unspecified atom stereocenters. The molecule has 194 valence electrons. The number of hydrogen-bond donors (Lipinski definition) is 0. The quantitative estimate of drug-likeness (QED) is 0.258. The van der Waals surface area contributed by atoms with Gasteiger partial charge in [-0.3, -0.25) is 9.59 Å². The first-order valence-electron chi connectivity index (χ1n) is 11.8. The van der Waals surface area contributed by atoms with Gasteiger partial charge in [0.1, 0.15) is 17.2 Å². The third-order valence-corrected chi connectivity index (χ3v) is 6.35. The Morgan fingerprint density at radius 3 is 2.50 bits per heavy atom. The minimum absolute atomic E-state index is 0.00563. The van der Waals surface area contributed by atoms with E-state index < -0.39 is 17.9 Å². The van der Waals surface area contributed by atoms with Crippen molar-refractivity contribution in [1.29, 1.82) is 0 Å². The van der Waals surface area contributed by atoms with Crippen LogP contribution in [0.3, 0.4) is 0 Å². The SMILES string of the molecule is COC(=O)COc1ccccc1C1CC(=O)Oc2ccc3c(c21)O/C(=C\c1ccc(OC)c(OC)c1)C3=O. The third kappa shape index (κ3) is 4.54. The van der Waals surface area contributed by atoms with Gasteiger partial charge in [0, 0.05) is 17.0 Å². The smallest absolute Gasteiger partial charge is 0.343 e. The minimum atomic E-state index is -0.539. The molecule has 0 aliphatic carbocycles. The van der Waals surface area contributed by atoms with Crippen LogP contribution >= 0.6 is 0 Å². The number of hydrogen-bond acceptors (Lipinski definition) is 9. The highest BCUT2D eigenvalue weighted by Crippen LogP contribution is 2.50. The van der Waals surface area contributed by atoms with Gasteiger partial charge < -0.3 is 28.4 Å². The van der Waals surface area contributed by atoms with Crippen LogP contribution in [0.4, 0.5) is 0 Å². The standard InChI is InChI=1S/C29H24O9/c1-33-21-10-8-16(12-23(21)34-2)13-24-28(32)18-9-11-22-27(29(18)38-24)19(14-25(30)37-22)17-6-4-5-7-20(17)36-15-26(31)35-3/h4-13,19H,14-15H2,1-3H3/b24-13-. The molecule has 0 radical (unpaired) electrons. The summed E-state index contributed by atoms with van der Waals surface area (Å²) < 4.78 is 32.7. The zero-order chi connectivity index (χ0) is 26.8. The Bertz CT molecular complexity index is 1470. The number of para-hydroxylation sites is 1. The van der Waals surface area contributed by atoms with Crippen LogP contribution in [0, 0.1) is 0 Å². The number of carbonyl (C=O) groups is 3.